The van der Waals surface area contributed by atoms with Gasteiger partial charge in [0, 0.05) is 23.7 Å². The highest BCUT2D eigenvalue weighted by Gasteiger charge is 2.34. The number of aromatic nitrogens is 2. The second-order valence-corrected chi connectivity index (χ2v) is 9.50. The number of halogens is 1. The molecule has 0 saturated carbocycles. The first-order valence-corrected chi connectivity index (χ1v) is 11.3. The highest BCUT2D eigenvalue weighted by atomic mass is 35.5. The van der Waals surface area contributed by atoms with Gasteiger partial charge in [0.25, 0.3) is 0 Å². The highest BCUT2D eigenvalue weighted by Crippen LogP contribution is 2.33. The van der Waals surface area contributed by atoms with Gasteiger partial charge in [-0.15, -0.1) is 0 Å². The van der Waals surface area contributed by atoms with Crippen LogP contribution in [0.1, 0.15) is 24.1 Å². The number of nitrogens with zero attached hydrogens (tertiary/aromatic N) is 2. The highest BCUT2D eigenvalue weighted by molar-refractivity contribution is 7.90. The molecule has 1 atom stereocenters. The Balaban J connectivity index is 1.58. The molecule has 0 spiro atoms. The van der Waals surface area contributed by atoms with Gasteiger partial charge in [-0.05, 0) is 31.0 Å². The first-order valence-electron chi connectivity index (χ1n) is 9.10. The van der Waals surface area contributed by atoms with E-state index in [9.17, 15) is 18.0 Å². The number of benzene rings is 1. The molecular weight excluding hydrogens is 420 g/mol. The Morgan fingerprint density at radius 2 is 2.10 bits per heavy atom. The molecule has 11 heteroatoms. The number of fused-ring (bicyclic) bond motifs is 1. The summed E-state index contributed by atoms with van der Waals surface area (Å²) in [5.41, 5.74) is 1.27. The van der Waals surface area contributed by atoms with Crippen molar-refractivity contribution >= 4 is 39.1 Å². The number of hydrogen-bond donors (Lipinski definition) is 2. The maximum atomic E-state index is 12.4. The van der Waals surface area contributed by atoms with E-state index in [4.69, 9.17) is 16.3 Å². The number of carbonyl (C=O) groups excluding carboxylic acids is 2. The summed E-state index contributed by atoms with van der Waals surface area (Å²) in [7, 11) is -3.34. The molecule has 1 aromatic carbocycles. The molecule has 9 nitrogen and oxygen atoms in total. The van der Waals surface area contributed by atoms with Gasteiger partial charge in [0.2, 0.25) is 0 Å². The lowest BCUT2D eigenvalue weighted by Crippen LogP contribution is -2.39. The van der Waals surface area contributed by atoms with Crippen molar-refractivity contribution in [2.45, 2.75) is 30.5 Å². The summed E-state index contributed by atoms with van der Waals surface area (Å²) < 4.78 is 30.8. The topological polar surface area (TPSA) is 119 Å². The lowest BCUT2D eigenvalue weighted by atomic mass is 10.2. The van der Waals surface area contributed by atoms with E-state index in [0.29, 0.717) is 28.6 Å². The fourth-order valence-corrected chi connectivity index (χ4v) is 5.10. The van der Waals surface area contributed by atoms with Gasteiger partial charge < -0.3 is 15.4 Å². The van der Waals surface area contributed by atoms with Crippen LogP contribution in [0.3, 0.4) is 0 Å². The predicted octanol–water partition coefficient (Wildman–Crippen LogP) is 1.19. The average Bonchev–Trinajstić information content (AvgIpc) is 3.35. The molecule has 0 bridgehead atoms. The second kappa shape index (κ2) is 7.77. The summed E-state index contributed by atoms with van der Waals surface area (Å²) in [5.74, 6) is -2.05. The molecule has 29 heavy (non-hydrogen) atoms. The molecule has 3 heterocycles. The van der Waals surface area contributed by atoms with E-state index < -0.39 is 21.7 Å². The molecule has 1 saturated heterocycles. The molecule has 1 fully saturated rings. The normalized spacial score (nSPS) is 19.7. The Labute approximate surface area is 172 Å². The van der Waals surface area contributed by atoms with E-state index in [1.807, 2.05) is 0 Å². The quantitative estimate of drug-likeness (QED) is 0.692. The molecule has 2 aliphatic rings. The van der Waals surface area contributed by atoms with Crippen molar-refractivity contribution in [3.05, 3.63) is 40.5 Å². The van der Waals surface area contributed by atoms with E-state index in [-0.39, 0.29) is 30.0 Å². The van der Waals surface area contributed by atoms with Gasteiger partial charge in [0.05, 0.1) is 29.0 Å². The maximum Gasteiger partial charge on any atom is 0.314 e. The number of anilines is 1. The first-order chi connectivity index (χ1) is 13.8. The van der Waals surface area contributed by atoms with Crippen LogP contribution in [0.25, 0.3) is 5.69 Å². The van der Waals surface area contributed by atoms with Crippen molar-refractivity contribution in [1.82, 2.24) is 15.1 Å². The second-order valence-electron chi connectivity index (χ2n) is 7.00. The third kappa shape index (κ3) is 4.29. The van der Waals surface area contributed by atoms with Crippen LogP contribution < -0.4 is 10.6 Å². The largest absolute Gasteiger partial charge is 0.376 e. The van der Waals surface area contributed by atoms with Gasteiger partial charge in [0.15, 0.2) is 9.84 Å². The van der Waals surface area contributed by atoms with Crippen LogP contribution in [0.2, 0.25) is 5.02 Å². The maximum absolute atomic E-state index is 12.4. The molecule has 2 amide bonds. The molecule has 2 aliphatic heterocycles. The zero-order valence-electron chi connectivity index (χ0n) is 15.4. The van der Waals surface area contributed by atoms with Crippen molar-refractivity contribution < 1.29 is 22.7 Å². The minimum atomic E-state index is -3.34. The summed E-state index contributed by atoms with van der Waals surface area (Å²) in [6.45, 7) is 0.887. The van der Waals surface area contributed by atoms with Crippen molar-refractivity contribution in [2.75, 3.05) is 18.5 Å². The standard InChI is InChI=1S/C18H19ClN4O5S/c19-11-3-1-4-12(7-11)23-16(14-9-29(26,27)10-15(14)22-23)21-18(25)17(24)20-8-13-5-2-6-28-13/h1,3-4,7,13H,2,5-6,8-10H2,(H,20,24)(H,21,25). The lowest BCUT2D eigenvalue weighted by molar-refractivity contribution is -0.136. The summed E-state index contributed by atoms with van der Waals surface area (Å²) >= 11 is 6.05. The monoisotopic (exact) mass is 438 g/mol. The zero-order valence-corrected chi connectivity index (χ0v) is 16.9. The fraction of sp³-hybridized carbons (Fsp3) is 0.389. The molecule has 0 aliphatic carbocycles. The van der Waals surface area contributed by atoms with Crippen LogP contribution in [0.5, 0.6) is 0 Å². The number of ether oxygens (including phenoxy) is 1. The van der Waals surface area contributed by atoms with E-state index in [0.717, 1.165) is 12.8 Å². The van der Waals surface area contributed by atoms with Gasteiger partial charge in [-0.25, -0.2) is 13.1 Å². The number of carbonyl (C=O) groups is 2. The van der Waals surface area contributed by atoms with Gasteiger partial charge in [-0.1, -0.05) is 17.7 Å². The van der Waals surface area contributed by atoms with Crippen LogP contribution in [0, 0.1) is 0 Å². The Bertz CT molecular complexity index is 1080. The lowest BCUT2D eigenvalue weighted by Gasteiger charge is -2.13. The number of sulfone groups is 1. The van der Waals surface area contributed by atoms with Crippen LogP contribution in [0.15, 0.2) is 24.3 Å². The zero-order chi connectivity index (χ0) is 20.6. The smallest absolute Gasteiger partial charge is 0.314 e. The minimum absolute atomic E-state index is 0.0990. The summed E-state index contributed by atoms with van der Waals surface area (Å²) in [4.78, 5) is 24.7. The molecule has 1 aromatic heterocycles. The van der Waals surface area contributed by atoms with Crippen LogP contribution in [-0.2, 0) is 35.7 Å². The first kappa shape index (κ1) is 19.9. The number of rotatable bonds is 4. The Kier molecular flexibility index (Phi) is 5.32. The van der Waals surface area contributed by atoms with Crippen molar-refractivity contribution in [3.63, 3.8) is 0 Å². The molecule has 1 unspecified atom stereocenters. The van der Waals surface area contributed by atoms with Crippen LogP contribution in [0.4, 0.5) is 5.82 Å². The Morgan fingerprint density at radius 1 is 1.28 bits per heavy atom. The summed E-state index contributed by atoms with van der Waals surface area (Å²) in [5, 5.41) is 9.85. The Morgan fingerprint density at radius 3 is 2.83 bits per heavy atom. The number of hydrogen-bond acceptors (Lipinski definition) is 6. The minimum Gasteiger partial charge on any atom is -0.376 e. The summed E-state index contributed by atoms with van der Waals surface area (Å²) in [6, 6.07) is 6.74. The summed E-state index contributed by atoms with van der Waals surface area (Å²) in [6.07, 6.45) is 1.65. The third-order valence-electron chi connectivity index (χ3n) is 4.79. The van der Waals surface area contributed by atoms with Gasteiger partial charge in [-0.2, -0.15) is 5.10 Å². The average molecular weight is 439 g/mol. The molecule has 2 N–H and O–H groups in total. The van der Waals surface area contributed by atoms with E-state index >= 15 is 0 Å². The van der Waals surface area contributed by atoms with Crippen molar-refractivity contribution in [2.24, 2.45) is 0 Å². The van der Waals surface area contributed by atoms with Crippen LogP contribution >= 0.6 is 11.6 Å². The molecule has 4 rings (SSSR count). The van der Waals surface area contributed by atoms with Gasteiger partial charge >= 0.3 is 11.8 Å². The van der Waals surface area contributed by atoms with E-state index in [2.05, 4.69) is 15.7 Å². The third-order valence-corrected chi connectivity index (χ3v) is 6.47. The van der Waals surface area contributed by atoms with Crippen molar-refractivity contribution in [1.29, 1.82) is 0 Å². The molecular formula is C18H19ClN4O5S. The van der Waals surface area contributed by atoms with E-state index in [1.165, 1.54) is 4.68 Å². The predicted molar refractivity (Wildman–Crippen MR) is 106 cm³/mol. The molecule has 2 aromatic rings. The molecule has 154 valence electrons. The SMILES string of the molecule is O=C(NCC1CCCO1)C(=O)Nc1c2c(nn1-c1cccc(Cl)c1)CS(=O)(=O)C2. The Hall–Kier alpha value is -2.43. The number of nitrogens with one attached hydrogen (secondary N) is 2. The van der Waals surface area contributed by atoms with E-state index in [1.54, 1.807) is 24.3 Å². The van der Waals surface area contributed by atoms with Crippen molar-refractivity contribution in [3.8, 4) is 5.69 Å². The molecule has 0 radical (unpaired) electrons. The van der Waals surface area contributed by atoms with Gasteiger partial charge in [-0.3, -0.25) is 9.59 Å². The van der Waals surface area contributed by atoms with Crippen LogP contribution in [-0.4, -0.2) is 49.3 Å². The fourth-order valence-electron chi connectivity index (χ4n) is 3.42. The number of amides is 2. The van der Waals surface area contributed by atoms with Gasteiger partial charge in [0.1, 0.15) is 5.82 Å².